The molecule has 0 spiro atoms. The Morgan fingerprint density at radius 2 is 1.44 bits per heavy atom. The third-order valence-corrected chi connectivity index (χ3v) is 8.85. The minimum absolute atomic E-state index is 0.0824. The van der Waals surface area contributed by atoms with Crippen molar-refractivity contribution in [3.63, 3.8) is 0 Å². The van der Waals surface area contributed by atoms with E-state index < -0.39 is 0 Å². The molecule has 8 aromatic rings. The second kappa shape index (κ2) is 6.83. The van der Waals surface area contributed by atoms with Gasteiger partial charge in [0, 0.05) is 53.5 Å². The first-order valence-corrected chi connectivity index (χ1v) is 13.3. The van der Waals surface area contributed by atoms with Crippen molar-refractivity contribution in [1.29, 1.82) is 0 Å². The number of rotatable bonds is 1. The molecule has 0 fully saturated rings. The highest BCUT2D eigenvalue weighted by molar-refractivity contribution is 7.26. The van der Waals surface area contributed by atoms with Crippen molar-refractivity contribution in [2.24, 2.45) is 0 Å². The van der Waals surface area contributed by atoms with E-state index in [2.05, 4.69) is 110 Å². The molecule has 4 heterocycles. The van der Waals surface area contributed by atoms with Crippen LogP contribution in [0.5, 0.6) is 0 Å². The molecule has 4 aromatic heterocycles. The number of nitrogens with zero attached hydrogens (tertiary/aromatic N) is 2. The van der Waals surface area contributed by atoms with Gasteiger partial charge in [-0.1, -0.05) is 63.2 Å². The van der Waals surface area contributed by atoms with Gasteiger partial charge >= 0.3 is 0 Å². The first-order valence-electron chi connectivity index (χ1n) is 12.5. The van der Waals surface area contributed by atoms with Gasteiger partial charge in [-0.05, 0) is 53.4 Å². The molecule has 0 bridgehead atoms. The quantitative estimate of drug-likeness (QED) is 0.229. The fraction of sp³-hybridized carbons (Fsp3) is 0.121. The zero-order valence-corrected chi connectivity index (χ0v) is 21.3. The van der Waals surface area contributed by atoms with Crippen LogP contribution in [0.15, 0.2) is 91.1 Å². The Labute approximate surface area is 212 Å². The number of hydrogen-bond acceptors (Lipinski definition) is 2. The summed E-state index contributed by atoms with van der Waals surface area (Å²) in [5.74, 6) is 0. The predicted octanol–water partition coefficient (Wildman–Crippen LogP) is 9.56. The maximum absolute atomic E-state index is 4.78. The summed E-state index contributed by atoms with van der Waals surface area (Å²) < 4.78 is 5.17. The maximum atomic E-state index is 4.78. The topological polar surface area (TPSA) is 17.3 Å². The van der Waals surface area contributed by atoms with Gasteiger partial charge in [-0.2, -0.15) is 0 Å². The molecule has 172 valence electrons. The number of fused-ring (bicyclic) bond motifs is 10. The van der Waals surface area contributed by atoms with E-state index in [0.717, 1.165) is 5.69 Å². The minimum Gasteiger partial charge on any atom is -0.308 e. The molecular weight excluding hydrogens is 456 g/mol. The van der Waals surface area contributed by atoms with Crippen LogP contribution in [-0.4, -0.2) is 9.38 Å². The Bertz CT molecular complexity index is 2140. The van der Waals surface area contributed by atoms with Crippen LogP contribution in [0.3, 0.4) is 0 Å². The van der Waals surface area contributed by atoms with E-state index in [0.29, 0.717) is 0 Å². The summed E-state index contributed by atoms with van der Waals surface area (Å²) >= 11 is 1.90. The van der Waals surface area contributed by atoms with Crippen molar-refractivity contribution < 1.29 is 0 Å². The predicted molar refractivity (Wildman–Crippen MR) is 156 cm³/mol. The monoisotopic (exact) mass is 480 g/mol. The van der Waals surface area contributed by atoms with Crippen LogP contribution in [0.4, 0.5) is 0 Å². The van der Waals surface area contributed by atoms with Crippen molar-refractivity contribution in [1.82, 2.24) is 9.38 Å². The average molecular weight is 481 g/mol. The first kappa shape index (κ1) is 20.3. The molecule has 2 nitrogen and oxygen atoms in total. The summed E-state index contributed by atoms with van der Waals surface area (Å²) in [7, 11) is 0. The van der Waals surface area contributed by atoms with E-state index in [1.807, 2.05) is 17.5 Å². The molecule has 36 heavy (non-hydrogen) atoms. The third-order valence-electron chi connectivity index (χ3n) is 7.73. The first-order chi connectivity index (χ1) is 17.5. The zero-order chi connectivity index (χ0) is 24.2. The summed E-state index contributed by atoms with van der Waals surface area (Å²) in [6.45, 7) is 6.77. The molecule has 0 N–H and O–H groups in total. The van der Waals surface area contributed by atoms with Crippen LogP contribution >= 0.6 is 11.3 Å². The number of hydrogen-bond donors (Lipinski definition) is 0. The van der Waals surface area contributed by atoms with Crippen molar-refractivity contribution in [2.75, 3.05) is 0 Å². The van der Waals surface area contributed by atoms with Crippen molar-refractivity contribution in [3.8, 4) is 11.3 Å². The van der Waals surface area contributed by atoms with Gasteiger partial charge in [0.05, 0.1) is 22.2 Å². The normalized spacial score (nSPS) is 12.9. The molecule has 0 saturated carbocycles. The number of thiophene rings is 1. The average Bonchev–Trinajstić information content (AvgIpc) is 3.53. The highest BCUT2D eigenvalue weighted by atomic mass is 32.1. The summed E-state index contributed by atoms with van der Waals surface area (Å²) in [6.07, 6.45) is 1.95. The Morgan fingerprint density at radius 3 is 2.31 bits per heavy atom. The molecule has 4 aromatic carbocycles. The van der Waals surface area contributed by atoms with Gasteiger partial charge in [0.25, 0.3) is 0 Å². The lowest BCUT2D eigenvalue weighted by atomic mass is 9.87. The molecule has 0 aliphatic heterocycles. The van der Waals surface area contributed by atoms with Gasteiger partial charge in [-0.15, -0.1) is 11.3 Å². The second-order valence-electron chi connectivity index (χ2n) is 10.9. The molecule has 0 aliphatic rings. The van der Waals surface area contributed by atoms with Crippen molar-refractivity contribution in [2.45, 2.75) is 26.2 Å². The Balaban J connectivity index is 1.57. The number of aromatic nitrogens is 2. The van der Waals surface area contributed by atoms with E-state index in [1.165, 1.54) is 69.4 Å². The summed E-state index contributed by atoms with van der Waals surface area (Å²) in [5.41, 5.74) is 7.45. The Morgan fingerprint density at radius 1 is 0.667 bits per heavy atom. The van der Waals surface area contributed by atoms with Gasteiger partial charge in [0.15, 0.2) is 0 Å². The lowest BCUT2D eigenvalue weighted by molar-refractivity contribution is 0.589. The minimum atomic E-state index is 0.0824. The van der Waals surface area contributed by atoms with Crippen LogP contribution in [0.2, 0.25) is 0 Å². The molecule has 3 heteroatoms. The Hall–Kier alpha value is -3.95. The van der Waals surface area contributed by atoms with E-state index in [9.17, 15) is 0 Å². The van der Waals surface area contributed by atoms with E-state index in [4.69, 9.17) is 4.98 Å². The summed E-state index contributed by atoms with van der Waals surface area (Å²) in [6, 6.07) is 31.4. The fourth-order valence-electron chi connectivity index (χ4n) is 5.99. The molecule has 0 saturated heterocycles. The smallest absolute Gasteiger partial charge is 0.0705 e. The van der Waals surface area contributed by atoms with E-state index in [1.54, 1.807) is 0 Å². The molecule has 0 radical (unpaired) electrons. The SMILES string of the molecule is CC(C)(C)c1ccnc(-c2ccc3c(c2)c2c4c(cc5c6ccccc6n3c52)sc2ccccc24)c1. The van der Waals surface area contributed by atoms with Crippen molar-refractivity contribution >= 4 is 69.6 Å². The van der Waals surface area contributed by atoms with Gasteiger partial charge < -0.3 is 4.40 Å². The largest absolute Gasteiger partial charge is 0.308 e. The van der Waals surface area contributed by atoms with Crippen LogP contribution < -0.4 is 0 Å². The fourth-order valence-corrected chi connectivity index (χ4v) is 7.14. The van der Waals surface area contributed by atoms with Crippen LogP contribution in [0.25, 0.3) is 69.5 Å². The van der Waals surface area contributed by atoms with E-state index in [-0.39, 0.29) is 5.41 Å². The Kier molecular flexibility index (Phi) is 3.85. The van der Waals surface area contributed by atoms with Crippen LogP contribution in [0, 0.1) is 0 Å². The molecule has 0 unspecified atom stereocenters. The number of benzene rings is 4. The molecule has 0 aliphatic carbocycles. The highest BCUT2D eigenvalue weighted by Gasteiger charge is 2.22. The second-order valence-corrected chi connectivity index (χ2v) is 12.0. The zero-order valence-electron chi connectivity index (χ0n) is 20.5. The van der Waals surface area contributed by atoms with Gasteiger partial charge in [-0.3, -0.25) is 4.98 Å². The van der Waals surface area contributed by atoms with Crippen LogP contribution in [-0.2, 0) is 5.41 Å². The third kappa shape index (κ3) is 2.58. The van der Waals surface area contributed by atoms with Crippen molar-refractivity contribution in [3.05, 3.63) is 96.7 Å². The van der Waals surface area contributed by atoms with Gasteiger partial charge in [0.1, 0.15) is 0 Å². The highest BCUT2D eigenvalue weighted by Crippen LogP contribution is 2.47. The standard InChI is InChI=1S/C33H24N2S/c1-33(2,3)20-14-15-34-25(17-20)19-12-13-27-24(16-19)31-30-22-9-5-7-11-28(22)36-29(30)18-23-21-8-4-6-10-26(21)35(27)32(23)31/h4-18H,1-3H3. The lowest BCUT2D eigenvalue weighted by Gasteiger charge is -2.19. The van der Waals surface area contributed by atoms with Gasteiger partial charge in [0.2, 0.25) is 0 Å². The van der Waals surface area contributed by atoms with E-state index >= 15 is 0 Å². The molecule has 0 atom stereocenters. The molecular formula is C33H24N2S. The molecule has 0 amide bonds. The summed E-state index contributed by atoms with van der Waals surface area (Å²) in [4.78, 5) is 4.78. The van der Waals surface area contributed by atoms with Gasteiger partial charge in [-0.25, -0.2) is 0 Å². The number of para-hydroxylation sites is 1. The lowest BCUT2D eigenvalue weighted by Crippen LogP contribution is -2.11. The summed E-state index contributed by atoms with van der Waals surface area (Å²) in [5, 5.41) is 8.04. The number of pyridine rings is 1. The van der Waals surface area contributed by atoms with Crippen LogP contribution in [0.1, 0.15) is 26.3 Å². The maximum Gasteiger partial charge on any atom is 0.0705 e. The molecule has 8 rings (SSSR count).